The summed E-state index contributed by atoms with van der Waals surface area (Å²) in [4.78, 5) is 41.9. The Balaban J connectivity index is 1.14. The van der Waals surface area contributed by atoms with Crippen molar-refractivity contribution in [3.8, 4) is 0 Å². The molecule has 6 heteroatoms. The fourth-order valence-electron chi connectivity index (χ4n) is 4.82. The Morgan fingerprint density at radius 1 is 0.935 bits per heavy atom. The molecule has 6 nitrogen and oxygen atoms in total. The van der Waals surface area contributed by atoms with Gasteiger partial charge in [-0.3, -0.25) is 14.4 Å². The molecule has 0 spiro atoms. The molecule has 2 aromatic rings. The predicted octanol–water partition coefficient (Wildman–Crippen LogP) is 2.09. The van der Waals surface area contributed by atoms with Crippen molar-refractivity contribution in [3.05, 3.63) is 71.8 Å². The molecule has 0 aromatic heterocycles. The molecular weight excluding hydrogens is 390 g/mol. The molecule has 2 aromatic carbocycles. The number of carbonyl (C=O) groups excluding carboxylic acids is 3. The van der Waals surface area contributed by atoms with E-state index in [0.717, 1.165) is 24.0 Å². The largest absolute Gasteiger partial charge is 0.352 e. The highest BCUT2D eigenvalue weighted by atomic mass is 16.2. The highest BCUT2D eigenvalue weighted by molar-refractivity contribution is 5.93. The van der Waals surface area contributed by atoms with Gasteiger partial charge in [0.05, 0.1) is 17.4 Å². The highest BCUT2D eigenvalue weighted by Crippen LogP contribution is 2.50. The fourth-order valence-corrected chi connectivity index (χ4v) is 4.82. The van der Waals surface area contributed by atoms with Crippen molar-refractivity contribution in [3.63, 3.8) is 0 Å². The van der Waals surface area contributed by atoms with Crippen LogP contribution in [0.2, 0.25) is 0 Å². The van der Waals surface area contributed by atoms with Crippen LogP contribution in [-0.4, -0.2) is 53.2 Å². The van der Waals surface area contributed by atoms with Crippen molar-refractivity contribution in [1.82, 2.24) is 15.1 Å². The molecule has 3 fully saturated rings. The first kappa shape index (κ1) is 19.8. The van der Waals surface area contributed by atoms with Gasteiger partial charge in [0.15, 0.2) is 0 Å². The minimum absolute atomic E-state index is 0.0150. The van der Waals surface area contributed by atoms with Crippen molar-refractivity contribution in [2.24, 2.45) is 5.92 Å². The average Bonchev–Trinajstić information content (AvgIpc) is 3.50. The van der Waals surface area contributed by atoms with Gasteiger partial charge in [-0.05, 0) is 24.0 Å². The molecule has 0 radical (unpaired) electrons. The van der Waals surface area contributed by atoms with Crippen LogP contribution in [0.15, 0.2) is 60.7 Å². The second-order valence-electron chi connectivity index (χ2n) is 8.96. The Bertz CT molecular complexity index is 982. The van der Waals surface area contributed by atoms with Crippen molar-refractivity contribution in [2.75, 3.05) is 19.6 Å². The summed E-state index contributed by atoms with van der Waals surface area (Å²) >= 11 is 0. The van der Waals surface area contributed by atoms with Gasteiger partial charge in [0.2, 0.25) is 17.7 Å². The second kappa shape index (κ2) is 7.84. The summed E-state index contributed by atoms with van der Waals surface area (Å²) in [5, 5.41) is 2.95. The topological polar surface area (TPSA) is 69.7 Å². The summed E-state index contributed by atoms with van der Waals surface area (Å²) in [5.41, 5.74) is 1.77. The van der Waals surface area contributed by atoms with Crippen LogP contribution in [0.5, 0.6) is 0 Å². The van der Waals surface area contributed by atoms with Crippen molar-refractivity contribution in [2.45, 2.75) is 37.3 Å². The molecule has 1 saturated carbocycles. The zero-order valence-electron chi connectivity index (χ0n) is 17.5. The van der Waals surface area contributed by atoms with Gasteiger partial charge in [0, 0.05) is 32.6 Å². The molecule has 1 atom stereocenters. The standard InChI is InChI=1S/C25H27N3O3/c29-22-13-19(23(30)26-14-18-7-3-1-4-8-18)15-28(22)21-16-27(17-21)24(31)25(11-12-25)20-9-5-2-6-10-20/h1-10,19,21H,11-17H2,(H,26,30). The highest BCUT2D eigenvalue weighted by Gasteiger charge is 2.55. The Morgan fingerprint density at radius 3 is 2.23 bits per heavy atom. The number of nitrogens with one attached hydrogen (secondary N) is 1. The van der Waals surface area contributed by atoms with E-state index >= 15 is 0 Å². The number of likely N-dealkylation sites (tertiary alicyclic amines) is 2. The van der Waals surface area contributed by atoms with Crippen molar-refractivity contribution in [1.29, 1.82) is 0 Å². The third kappa shape index (κ3) is 3.71. The number of hydrogen-bond acceptors (Lipinski definition) is 3. The number of nitrogens with zero attached hydrogens (tertiary/aromatic N) is 2. The molecular formula is C25H27N3O3. The lowest BCUT2D eigenvalue weighted by Crippen LogP contribution is -2.63. The van der Waals surface area contributed by atoms with Crippen LogP contribution in [0.3, 0.4) is 0 Å². The van der Waals surface area contributed by atoms with E-state index < -0.39 is 0 Å². The zero-order valence-corrected chi connectivity index (χ0v) is 17.5. The molecule has 3 amide bonds. The molecule has 2 heterocycles. The molecule has 0 bridgehead atoms. The minimum atomic E-state index is -0.360. The van der Waals surface area contributed by atoms with Crippen LogP contribution < -0.4 is 5.32 Å². The summed E-state index contributed by atoms with van der Waals surface area (Å²) < 4.78 is 0. The summed E-state index contributed by atoms with van der Waals surface area (Å²) in [5.74, 6) is -0.201. The van der Waals surface area contributed by atoms with E-state index in [1.807, 2.05) is 65.6 Å². The number of benzene rings is 2. The lowest BCUT2D eigenvalue weighted by atomic mass is 9.92. The summed E-state index contributed by atoms with van der Waals surface area (Å²) in [7, 11) is 0. The van der Waals surface area contributed by atoms with Gasteiger partial charge in [0.25, 0.3) is 0 Å². The van der Waals surface area contributed by atoms with Gasteiger partial charge in [-0.25, -0.2) is 0 Å². The molecule has 1 aliphatic carbocycles. The Labute approximate surface area is 182 Å². The SMILES string of the molecule is O=C(NCc1ccccc1)C1CC(=O)N(C2CN(C(=O)C3(c4ccccc4)CC3)C2)C1. The molecule has 1 unspecified atom stereocenters. The number of amides is 3. The first-order valence-corrected chi connectivity index (χ1v) is 11.0. The molecule has 31 heavy (non-hydrogen) atoms. The monoisotopic (exact) mass is 417 g/mol. The predicted molar refractivity (Wildman–Crippen MR) is 116 cm³/mol. The first-order valence-electron chi connectivity index (χ1n) is 11.0. The minimum Gasteiger partial charge on any atom is -0.352 e. The first-order chi connectivity index (χ1) is 15.1. The molecule has 2 saturated heterocycles. The van der Waals surface area contributed by atoms with Crippen LogP contribution in [0.4, 0.5) is 0 Å². The summed E-state index contributed by atoms with van der Waals surface area (Å²) in [6, 6.07) is 19.8. The lowest BCUT2D eigenvalue weighted by Gasteiger charge is -2.45. The number of rotatable bonds is 6. The van der Waals surface area contributed by atoms with E-state index in [2.05, 4.69) is 5.32 Å². The molecule has 5 rings (SSSR count). The maximum absolute atomic E-state index is 13.1. The van der Waals surface area contributed by atoms with Crippen LogP contribution in [0.1, 0.15) is 30.4 Å². The van der Waals surface area contributed by atoms with Crippen molar-refractivity contribution < 1.29 is 14.4 Å². The van der Waals surface area contributed by atoms with Gasteiger partial charge >= 0.3 is 0 Å². The van der Waals surface area contributed by atoms with Crippen LogP contribution in [0, 0.1) is 5.92 Å². The molecule has 2 aliphatic heterocycles. The summed E-state index contributed by atoms with van der Waals surface area (Å²) in [6.07, 6.45) is 2.03. The third-order valence-electron chi connectivity index (χ3n) is 6.91. The van der Waals surface area contributed by atoms with E-state index in [-0.39, 0.29) is 41.5 Å². The maximum Gasteiger partial charge on any atom is 0.233 e. The van der Waals surface area contributed by atoms with E-state index in [1.165, 1.54) is 0 Å². The molecule has 3 aliphatic rings. The van der Waals surface area contributed by atoms with Crippen molar-refractivity contribution >= 4 is 17.7 Å². The Hall–Kier alpha value is -3.15. The van der Waals surface area contributed by atoms with E-state index in [0.29, 0.717) is 26.2 Å². The zero-order chi connectivity index (χ0) is 21.4. The maximum atomic E-state index is 13.1. The Morgan fingerprint density at radius 2 is 1.58 bits per heavy atom. The average molecular weight is 418 g/mol. The quantitative estimate of drug-likeness (QED) is 0.783. The van der Waals surface area contributed by atoms with Gasteiger partial charge in [-0.2, -0.15) is 0 Å². The fraction of sp³-hybridized carbons (Fsp3) is 0.400. The second-order valence-corrected chi connectivity index (χ2v) is 8.96. The normalized spacial score (nSPS) is 22.2. The van der Waals surface area contributed by atoms with Crippen LogP contribution in [-0.2, 0) is 26.3 Å². The van der Waals surface area contributed by atoms with Gasteiger partial charge in [-0.15, -0.1) is 0 Å². The summed E-state index contributed by atoms with van der Waals surface area (Å²) in [6.45, 7) is 2.04. The third-order valence-corrected chi connectivity index (χ3v) is 6.91. The lowest BCUT2D eigenvalue weighted by molar-refractivity contribution is -0.146. The van der Waals surface area contributed by atoms with E-state index in [1.54, 1.807) is 4.90 Å². The molecule has 1 N–H and O–H groups in total. The van der Waals surface area contributed by atoms with Gasteiger partial charge < -0.3 is 15.1 Å². The molecule has 160 valence electrons. The van der Waals surface area contributed by atoms with Gasteiger partial charge in [0.1, 0.15) is 0 Å². The van der Waals surface area contributed by atoms with Crippen LogP contribution >= 0.6 is 0 Å². The van der Waals surface area contributed by atoms with Gasteiger partial charge in [-0.1, -0.05) is 60.7 Å². The Kier molecular flexibility index (Phi) is 5.00. The van der Waals surface area contributed by atoms with E-state index in [4.69, 9.17) is 0 Å². The number of carbonyl (C=O) groups is 3. The van der Waals surface area contributed by atoms with Crippen LogP contribution in [0.25, 0.3) is 0 Å². The van der Waals surface area contributed by atoms with E-state index in [9.17, 15) is 14.4 Å². The number of hydrogen-bond donors (Lipinski definition) is 1. The smallest absolute Gasteiger partial charge is 0.233 e.